The lowest BCUT2D eigenvalue weighted by atomic mass is 10.0. The van der Waals surface area contributed by atoms with Crippen molar-refractivity contribution < 1.29 is 9.63 Å². The molecule has 0 aromatic heterocycles. The fraction of sp³-hybridized carbons (Fsp3) is 0.227. The zero-order valence-electron chi connectivity index (χ0n) is 15.2. The monoisotopic (exact) mass is 333 g/mol. The van der Waals surface area contributed by atoms with Crippen molar-refractivity contribution in [1.82, 2.24) is 5.06 Å². The third-order valence-corrected chi connectivity index (χ3v) is 4.41. The van der Waals surface area contributed by atoms with E-state index in [9.17, 15) is 4.79 Å². The lowest BCUT2D eigenvalue weighted by Crippen LogP contribution is -2.32. The summed E-state index contributed by atoms with van der Waals surface area (Å²) in [6.45, 7) is 6.05. The van der Waals surface area contributed by atoms with Crippen molar-refractivity contribution in [3.63, 3.8) is 0 Å². The minimum atomic E-state index is -0.0734. The molecule has 0 N–H and O–H groups in total. The molecule has 0 fully saturated rings. The predicted molar refractivity (Wildman–Crippen MR) is 102 cm³/mol. The van der Waals surface area contributed by atoms with Gasteiger partial charge in [0, 0.05) is 7.05 Å². The molecule has 0 aliphatic heterocycles. The summed E-state index contributed by atoms with van der Waals surface area (Å²) in [5.41, 5.74) is 4.26. The Kier molecular flexibility index (Phi) is 4.75. The molecule has 0 saturated heterocycles. The van der Waals surface area contributed by atoms with Gasteiger partial charge < -0.3 is 4.84 Å². The molecular weight excluding hydrogens is 310 g/mol. The van der Waals surface area contributed by atoms with Crippen molar-refractivity contribution in [2.24, 2.45) is 0 Å². The highest BCUT2D eigenvalue weighted by Crippen LogP contribution is 2.25. The van der Waals surface area contributed by atoms with E-state index in [0.717, 1.165) is 33.2 Å². The van der Waals surface area contributed by atoms with Crippen LogP contribution in [0.2, 0.25) is 0 Å². The van der Waals surface area contributed by atoms with E-state index in [-0.39, 0.29) is 5.91 Å². The summed E-state index contributed by atoms with van der Waals surface area (Å²) in [5.74, 6) is 0.676. The average molecular weight is 333 g/mol. The molecule has 0 atom stereocenters. The maximum absolute atomic E-state index is 12.7. The molecule has 3 rings (SSSR count). The molecule has 0 radical (unpaired) electrons. The zero-order chi connectivity index (χ0) is 18.0. The Balaban J connectivity index is 1.79. The SMILES string of the molecule is Cc1cc(C)c(ON(C)C(=O)Cc2cccc3ccccc23)c(C)c1. The lowest BCUT2D eigenvalue weighted by molar-refractivity contribution is -0.151. The molecule has 3 nitrogen and oxygen atoms in total. The first-order valence-corrected chi connectivity index (χ1v) is 8.44. The fourth-order valence-electron chi connectivity index (χ4n) is 3.22. The van der Waals surface area contributed by atoms with Gasteiger partial charge in [-0.2, -0.15) is 5.06 Å². The maximum Gasteiger partial charge on any atom is 0.259 e. The van der Waals surface area contributed by atoms with Gasteiger partial charge in [0.15, 0.2) is 5.75 Å². The number of hydrogen-bond donors (Lipinski definition) is 0. The Bertz CT molecular complexity index is 902. The van der Waals surface area contributed by atoms with Gasteiger partial charge in [0.2, 0.25) is 0 Å². The molecule has 25 heavy (non-hydrogen) atoms. The standard InChI is InChI=1S/C22H23NO2/c1-15-12-16(2)22(17(3)13-15)25-23(4)21(24)14-19-10-7-9-18-8-5-6-11-20(18)19/h5-13H,14H2,1-4H3. The van der Waals surface area contributed by atoms with E-state index in [4.69, 9.17) is 4.84 Å². The lowest BCUT2D eigenvalue weighted by Gasteiger charge is -2.21. The summed E-state index contributed by atoms with van der Waals surface area (Å²) >= 11 is 0. The minimum absolute atomic E-state index is 0.0734. The summed E-state index contributed by atoms with van der Waals surface area (Å²) in [6, 6.07) is 18.3. The van der Waals surface area contributed by atoms with Gasteiger partial charge in [-0.15, -0.1) is 0 Å². The highest BCUT2D eigenvalue weighted by molar-refractivity contribution is 5.90. The third kappa shape index (κ3) is 3.66. The Morgan fingerprint density at radius 2 is 1.60 bits per heavy atom. The van der Waals surface area contributed by atoms with Gasteiger partial charge in [-0.25, -0.2) is 0 Å². The molecule has 0 aliphatic carbocycles. The van der Waals surface area contributed by atoms with E-state index >= 15 is 0 Å². The van der Waals surface area contributed by atoms with Gasteiger partial charge >= 0.3 is 0 Å². The second kappa shape index (κ2) is 6.98. The Labute approximate surface area is 148 Å². The number of nitrogens with zero attached hydrogens (tertiary/aromatic N) is 1. The second-order valence-corrected chi connectivity index (χ2v) is 6.53. The van der Waals surface area contributed by atoms with Gasteiger partial charge in [-0.1, -0.05) is 60.2 Å². The van der Waals surface area contributed by atoms with Gasteiger partial charge in [-0.05, 0) is 48.2 Å². The van der Waals surface area contributed by atoms with Crippen LogP contribution in [0.1, 0.15) is 22.3 Å². The van der Waals surface area contributed by atoms with Crippen LogP contribution in [-0.4, -0.2) is 18.0 Å². The normalized spacial score (nSPS) is 10.7. The smallest absolute Gasteiger partial charge is 0.259 e. The number of rotatable bonds is 4. The first-order valence-electron chi connectivity index (χ1n) is 8.44. The van der Waals surface area contributed by atoms with E-state index in [2.05, 4.69) is 31.2 Å². The van der Waals surface area contributed by atoms with Crippen LogP contribution in [0, 0.1) is 20.8 Å². The minimum Gasteiger partial charge on any atom is -0.377 e. The molecule has 0 bridgehead atoms. The molecule has 0 aliphatic rings. The summed E-state index contributed by atoms with van der Waals surface area (Å²) in [6.07, 6.45) is 0.307. The molecule has 0 saturated carbocycles. The van der Waals surface area contributed by atoms with E-state index in [1.54, 1.807) is 7.05 Å². The highest BCUT2D eigenvalue weighted by atomic mass is 16.7. The molecule has 3 aromatic rings. The molecule has 3 aromatic carbocycles. The average Bonchev–Trinajstić information content (AvgIpc) is 2.58. The number of aryl methyl sites for hydroxylation is 3. The van der Waals surface area contributed by atoms with Crippen molar-refractivity contribution in [2.75, 3.05) is 7.05 Å². The number of benzene rings is 3. The Hall–Kier alpha value is -2.81. The van der Waals surface area contributed by atoms with Crippen LogP contribution in [0.5, 0.6) is 5.75 Å². The van der Waals surface area contributed by atoms with E-state index < -0.39 is 0 Å². The summed E-state index contributed by atoms with van der Waals surface area (Å²) < 4.78 is 0. The van der Waals surface area contributed by atoms with Crippen LogP contribution in [0.15, 0.2) is 54.6 Å². The van der Waals surface area contributed by atoms with E-state index in [1.165, 1.54) is 10.6 Å². The fourth-order valence-corrected chi connectivity index (χ4v) is 3.22. The van der Waals surface area contributed by atoms with Gasteiger partial charge in [-0.3, -0.25) is 4.79 Å². The molecule has 3 heteroatoms. The number of carbonyl (C=O) groups excluding carboxylic acids is 1. The number of likely N-dealkylation sites (N-methyl/N-ethyl adjacent to an activating group) is 1. The Morgan fingerprint density at radius 1 is 0.960 bits per heavy atom. The maximum atomic E-state index is 12.7. The van der Waals surface area contributed by atoms with E-state index in [1.807, 2.05) is 44.2 Å². The summed E-state index contributed by atoms with van der Waals surface area (Å²) in [7, 11) is 1.67. The van der Waals surface area contributed by atoms with Crippen LogP contribution in [0.25, 0.3) is 10.8 Å². The van der Waals surface area contributed by atoms with Gasteiger partial charge in [0.1, 0.15) is 0 Å². The molecular formula is C22H23NO2. The first kappa shape index (κ1) is 17.0. The largest absolute Gasteiger partial charge is 0.377 e. The third-order valence-electron chi connectivity index (χ3n) is 4.41. The van der Waals surface area contributed by atoms with Crippen LogP contribution in [0.3, 0.4) is 0 Å². The van der Waals surface area contributed by atoms with Gasteiger partial charge in [0.05, 0.1) is 6.42 Å². The molecule has 128 valence electrons. The van der Waals surface area contributed by atoms with Crippen molar-refractivity contribution in [2.45, 2.75) is 27.2 Å². The van der Waals surface area contributed by atoms with Crippen LogP contribution < -0.4 is 4.84 Å². The van der Waals surface area contributed by atoms with Crippen molar-refractivity contribution in [1.29, 1.82) is 0 Å². The van der Waals surface area contributed by atoms with Crippen LogP contribution >= 0.6 is 0 Å². The van der Waals surface area contributed by atoms with Crippen molar-refractivity contribution in [3.05, 3.63) is 76.9 Å². The van der Waals surface area contributed by atoms with Gasteiger partial charge in [0.25, 0.3) is 5.91 Å². The molecule has 0 heterocycles. The first-order chi connectivity index (χ1) is 12.0. The zero-order valence-corrected chi connectivity index (χ0v) is 15.2. The molecule has 0 unspecified atom stereocenters. The van der Waals surface area contributed by atoms with Crippen molar-refractivity contribution >= 4 is 16.7 Å². The summed E-state index contributed by atoms with van der Waals surface area (Å²) in [5, 5.41) is 3.59. The molecule has 0 spiro atoms. The summed E-state index contributed by atoms with van der Waals surface area (Å²) in [4.78, 5) is 18.5. The highest BCUT2D eigenvalue weighted by Gasteiger charge is 2.15. The topological polar surface area (TPSA) is 29.5 Å². The number of amides is 1. The number of carbonyl (C=O) groups is 1. The number of hydroxylamine groups is 2. The molecule has 1 amide bonds. The van der Waals surface area contributed by atoms with Crippen molar-refractivity contribution in [3.8, 4) is 5.75 Å². The van der Waals surface area contributed by atoms with Crippen LogP contribution in [-0.2, 0) is 11.2 Å². The predicted octanol–water partition coefficient (Wildman–Crippen LogP) is 4.76. The number of hydrogen-bond acceptors (Lipinski definition) is 2. The second-order valence-electron chi connectivity index (χ2n) is 6.53. The Morgan fingerprint density at radius 3 is 2.32 bits per heavy atom. The number of fused-ring (bicyclic) bond motifs is 1. The van der Waals surface area contributed by atoms with Crippen LogP contribution in [0.4, 0.5) is 0 Å². The van der Waals surface area contributed by atoms with E-state index in [0.29, 0.717) is 6.42 Å². The quantitative estimate of drug-likeness (QED) is 0.644.